The monoisotopic (exact) mass is 629 g/mol. The molecule has 0 radical (unpaired) electrons. The van der Waals surface area contributed by atoms with Crippen LogP contribution in [0, 0.1) is 0 Å². The number of carbonyl (C=O) groups is 4. The normalized spacial score (nSPS) is 10.9. The number of amides is 2. The molecule has 224 valence electrons. The van der Waals surface area contributed by atoms with Crippen LogP contribution < -0.4 is 10.6 Å². The zero-order valence-corrected chi connectivity index (χ0v) is 27.0. The van der Waals surface area contributed by atoms with E-state index in [1.54, 1.807) is 12.1 Å². The van der Waals surface area contributed by atoms with Gasteiger partial charge in [-0.15, -0.1) is 0 Å². The van der Waals surface area contributed by atoms with Gasteiger partial charge in [0.25, 0.3) is 0 Å². The van der Waals surface area contributed by atoms with Crippen LogP contribution in [0.5, 0.6) is 0 Å². The highest BCUT2D eigenvalue weighted by Crippen LogP contribution is 2.22. The minimum Gasteiger partial charge on any atom is -0.356 e. The number of carbonyl (C=O) groups excluding carboxylic acids is 4. The fourth-order valence-electron chi connectivity index (χ4n) is 3.00. The molecule has 1 rings (SSSR count). The van der Waals surface area contributed by atoms with Crippen LogP contribution in [-0.2, 0) is 19.2 Å². The standard InChI is InChI=1S/C23H33N5O4S2.C4H10S2/c1-2-3-8-14-25-20(29)13-16-33-23(32)19(27-21(30)12-7-9-15-26-28-24)17-22(31)34-18-10-5-4-6-11-18;1-3-5-6-4-2/h4-6,10-11,19H,2-3,7-9,12-17H2,1H3,(H,25,29)(H,27,30);3-4H2,1-2H3. The van der Waals surface area contributed by atoms with Crippen LogP contribution in [0.2, 0.25) is 0 Å². The summed E-state index contributed by atoms with van der Waals surface area (Å²) in [6, 6.07) is 8.12. The zero-order chi connectivity index (χ0) is 29.8. The van der Waals surface area contributed by atoms with E-state index in [0.29, 0.717) is 25.9 Å². The van der Waals surface area contributed by atoms with E-state index in [1.807, 2.05) is 39.8 Å². The van der Waals surface area contributed by atoms with Crippen molar-refractivity contribution < 1.29 is 19.2 Å². The van der Waals surface area contributed by atoms with E-state index in [2.05, 4.69) is 41.4 Å². The Morgan fingerprint density at radius 2 is 1.62 bits per heavy atom. The summed E-state index contributed by atoms with van der Waals surface area (Å²) in [5.74, 6) is 2.28. The zero-order valence-electron chi connectivity index (χ0n) is 23.8. The minimum atomic E-state index is -0.967. The molecular formula is C27H43N5O4S4. The van der Waals surface area contributed by atoms with Crippen LogP contribution in [0.1, 0.15) is 72.1 Å². The molecule has 1 unspecified atom stereocenters. The molecule has 2 N–H and O–H groups in total. The molecule has 13 heteroatoms. The van der Waals surface area contributed by atoms with Gasteiger partial charge < -0.3 is 10.6 Å². The fourth-order valence-corrected chi connectivity index (χ4v) is 5.98. The van der Waals surface area contributed by atoms with Crippen molar-refractivity contribution >= 4 is 67.2 Å². The molecule has 0 heterocycles. The highest BCUT2D eigenvalue weighted by Gasteiger charge is 2.24. The Balaban J connectivity index is 0.00000227. The SMILES string of the molecule is CCCCCNC(=O)CCSC(=O)C(CC(=O)Sc1ccccc1)NC(=O)CCCCN=[N+]=[N-].CCSSCC. The average Bonchev–Trinajstić information content (AvgIpc) is 2.94. The van der Waals surface area contributed by atoms with Gasteiger partial charge >= 0.3 is 0 Å². The molecule has 0 aliphatic carbocycles. The van der Waals surface area contributed by atoms with Gasteiger partial charge in [-0.2, -0.15) is 0 Å². The fraction of sp³-hybridized carbons (Fsp3) is 0.630. The lowest BCUT2D eigenvalue weighted by Gasteiger charge is -2.16. The van der Waals surface area contributed by atoms with E-state index >= 15 is 0 Å². The number of hydrogen-bond donors (Lipinski definition) is 2. The average molecular weight is 630 g/mol. The third-order valence-corrected chi connectivity index (χ3v) is 9.37. The molecule has 0 aromatic heterocycles. The van der Waals surface area contributed by atoms with Gasteiger partial charge in [-0.25, -0.2) is 0 Å². The highest BCUT2D eigenvalue weighted by atomic mass is 33.1. The van der Waals surface area contributed by atoms with Gasteiger partial charge in [0, 0.05) is 59.4 Å². The number of nitrogens with zero attached hydrogens (tertiary/aromatic N) is 3. The lowest BCUT2D eigenvalue weighted by molar-refractivity contribution is -0.125. The molecule has 0 aliphatic heterocycles. The van der Waals surface area contributed by atoms with Crippen molar-refractivity contribution in [1.29, 1.82) is 0 Å². The van der Waals surface area contributed by atoms with E-state index in [9.17, 15) is 19.2 Å². The molecule has 0 saturated carbocycles. The maximum absolute atomic E-state index is 12.8. The Morgan fingerprint density at radius 1 is 0.925 bits per heavy atom. The number of unbranched alkanes of at least 4 members (excludes halogenated alkanes) is 3. The van der Waals surface area contributed by atoms with Gasteiger partial charge in [-0.05, 0) is 36.9 Å². The van der Waals surface area contributed by atoms with Gasteiger partial charge in [-0.3, -0.25) is 19.2 Å². The van der Waals surface area contributed by atoms with E-state index in [-0.39, 0.29) is 47.1 Å². The van der Waals surface area contributed by atoms with Gasteiger partial charge in [0.2, 0.25) is 16.9 Å². The molecule has 0 spiro atoms. The summed E-state index contributed by atoms with van der Waals surface area (Å²) in [6.07, 6.45) is 4.32. The van der Waals surface area contributed by atoms with Crippen molar-refractivity contribution in [1.82, 2.24) is 10.6 Å². The Hall–Kier alpha value is -1.79. The Kier molecular flexibility index (Phi) is 26.2. The van der Waals surface area contributed by atoms with Gasteiger partial charge in [0.1, 0.15) is 6.04 Å². The first-order valence-electron chi connectivity index (χ1n) is 13.6. The van der Waals surface area contributed by atoms with Gasteiger partial charge in [0.15, 0.2) is 5.12 Å². The smallest absolute Gasteiger partial charge is 0.220 e. The van der Waals surface area contributed by atoms with Crippen LogP contribution in [0.15, 0.2) is 40.3 Å². The Morgan fingerprint density at radius 3 is 2.25 bits per heavy atom. The molecule has 0 bridgehead atoms. The lowest BCUT2D eigenvalue weighted by Crippen LogP contribution is -2.41. The number of rotatable bonds is 20. The second kappa shape index (κ2) is 27.4. The molecular weight excluding hydrogens is 587 g/mol. The maximum Gasteiger partial charge on any atom is 0.220 e. The second-order valence-corrected chi connectivity index (χ2v) is 13.6. The summed E-state index contributed by atoms with van der Waals surface area (Å²) in [5.41, 5.74) is 8.29. The molecule has 0 fully saturated rings. The van der Waals surface area contributed by atoms with Crippen LogP contribution in [0.3, 0.4) is 0 Å². The molecule has 0 aliphatic rings. The first kappa shape index (κ1) is 38.2. The molecule has 1 aromatic rings. The van der Waals surface area contributed by atoms with Crippen molar-refractivity contribution in [2.45, 2.75) is 83.1 Å². The Bertz CT molecular complexity index is 898. The second-order valence-electron chi connectivity index (χ2n) is 8.31. The Labute approximate surface area is 255 Å². The summed E-state index contributed by atoms with van der Waals surface area (Å²) in [4.78, 5) is 53.0. The highest BCUT2D eigenvalue weighted by molar-refractivity contribution is 8.76. The van der Waals surface area contributed by atoms with Crippen molar-refractivity contribution in [3.8, 4) is 0 Å². The molecule has 2 amide bonds. The van der Waals surface area contributed by atoms with Gasteiger partial charge in [-0.1, -0.05) is 102 Å². The molecule has 1 atom stereocenters. The van der Waals surface area contributed by atoms with Crippen LogP contribution in [0.4, 0.5) is 0 Å². The predicted molar refractivity (Wildman–Crippen MR) is 173 cm³/mol. The van der Waals surface area contributed by atoms with Gasteiger partial charge in [0.05, 0.1) is 0 Å². The topological polar surface area (TPSA) is 141 Å². The first-order chi connectivity index (χ1) is 19.4. The molecule has 1 aromatic carbocycles. The van der Waals surface area contributed by atoms with Crippen molar-refractivity contribution in [2.24, 2.45) is 5.11 Å². The summed E-state index contributed by atoms with van der Waals surface area (Å²) < 4.78 is 0. The molecule has 9 nitrogen and oxygen atoms in total. The number of benzene rings is 1. The largest absolute Gasteiger partial charge is 0.356 e. The number of nitrogens with one attached hydrogen (secondary N) is 2. The molecule has 40 heavy (non-hydrogen) atoms. The number of thioether (sulfide) groups is 2. The van der Waals surface area contributed by atoms with E-state index in [0.717, 1.165) is 47.7 Å². The van der Waals surface area contributed by atoms with Crippen LogP contribution >= 0.6 is 45.1 Å². The maximum atomic E-state index is 12.8. The third-order valence-electron chi connectivity index (χ3n) is 4.94. The van der Waals surface area contributed by atoms with Crippen molar-refractivity contribution in [3.05, 3.63) is 40.8 Å². The third kappa shape index (κ3) is 23.0. The molecule has 0 saturated heterocycles. The van der Waals surface area contributed by atoms with Crippen LogP contribution in [-0.4, -0.2) is 58.4 Å². The van der Waals surface area contributed by atoms with Crippen molar-refractivity contribution in [3.63, 3.8) is 0 Å². The summed E-state index contributed by atoms with van der Waals surface area (Å²) in [5, 5.41) is 8.34. The predicted octanol–water partition coefficient (Wildman–Crippen LogP) is 7.02. The van der Waals surface area contributed by atoms with E-state index in [4.69, 9.17) is 5.53 Å². The van der Waals surface area contributed by atoms with E-state index in [1.165, 1.54) is 11.5 Å². The van der Waals surface area contributed by atoms with E-state index < -0.39 is 6.04 Å². The first-order valence-corrected chi connectivity index (χ1v) is 17.9. The lowest BCUT2D eigenvalue weighted by atomic mass is 10.2. The number of azide groups is 1. The summed E-state index contributed by atoms with van der Waals surface area (Å²) in [7, 11) is 3.85. The summed E-state index contributed by atoms with van der Waals surface area (Å²) >= 11 is 1.97. The van der Waals surface area contributed by atoms with Crippen LogP contribution in [0.25, 0.3) is 10.4 Å². The van der Waals surface area contributed by atoms with Crippen molar-refractivity contribution in [2.75, 3.05) is 30.3 Å². The number of hydrogen-bond acceptors (Lipinski definition) is 9. The quantitative estimate of drug-likeness (QED) is 0.0391. The summed E-state index contributed by atoms with van der Waals surface area (Å²) in [6.45, 7) is 7.36. The minimum absolute atomic E-state index is 0.118.